The smallest absolute Gasteiger partial charge is 0.168 e. The maximum absolute atomic E-state index is 5.09. The number of furan rings is 1. The molecule has 0 radical (unpaired) electrons. The molecular weight excluding hydrogens is 116 g/mol. The fraction of sp³-hybridized carbons (Fsp3) is 0.143. The van der Waals surface area contributed by atoms with Crippen LogP contribution in [0.1, 0.15) is 5.56 Å². The van der Waals surface area contributed by atoms with Crippen LogP contribution in [0.4, 0.5) is 0 Å². The van der Waals surface area contributed by atoms with Crippen molar-refractivity contribution in [2.45, 2.75) is 6.42 Å². The lowest BCUT2D eigenvalue weighted by Crippen LogP contribution is -1.90. The van der Waals surface area contributed by atoms with Crippen molar-refractivity contribution in [3.63, 3.8) is 0 Å². The summed E-state index contributed by atoms with van der Waals surface area (Å²) < 4.78 is 9.99. The van der Waals surface area contributed by atoms with Gasteiger partial charge in [0.2, 0.25) is 0 Å². The van der Waals surface area contributed by atoms with Gasteiger partial charge >= 0.3 is 0 Å². The third-order valence-electron chi connectivity index (χ3n) is 1.33. The van der Waals surface area contributed by atoms with E-state index in [0.717, 1.165) is 17.7 Å². The predicted octanol–water partition coefficient (Wildman–Crippen LogP) is 1.73. The Labute approximate surface area is 52.7 Å². The second-order valence-electron chi connectivity index (χ2n) is 1.96. The Morgan fingerprint density at radius 1 is 1.33 bits per heavy atom. The summed E-state index contributed by atoms with van der Waals surface area (Å²) in [4.78, 5) is 0. The first-order valence-electron chi connectivity index (χ1n) is 2.83. The van der Waals surface area contributed by atoms with Crippen LogP contribution in [0.25, 0.3) is 0 Å². The molecular formula is C7H6O2. The maximum Gasteiger partial charge on any atom is 0.168 e. The van der Waals surface area contributed by atoms with Crippen LogP contribution in [0, 0.1) is 0 Å². The van der Waals surface area contributed by atoms with Crippen LogP contribution >= 0.6 is 0 Å². The van der Waals surface area contributed by atoms with Crippen molar-refractivity contribution >= 4 is 0 Å². The van der Waals surface area contributed by atoms with Crippen molar-refractivity contribution in [2.24, 2.45) is 0 Å². The zero-order valence-electron chi connectivity index (χ0n) is 4.83. The fourth-order valence-electron chi connectivity index (χ4n) is 0.860. The highest BCUT2D eigenvalue weighted by Gasteiger charge is 2.06. The first kappa shape index (κ1) is 4.68. The normalized spacial score (nSPS) is 14.7. The molecule has 2 heteroatoms. The average molecular weight is 122 g/mol. The molecule has 2 nitrogen and oxygen atoms in total. The number of rotatable bonds is 0. The number of ether oxygens (including phenoxy) is 1. The van der Waals surface area contributed by atoms with E-state index in [-0.39, 0.29) is 0 Å². The van der Waals surface area contributed by atoms with Gasteiger partial charge in [-0.3, -0.25) is 0 Å². The summed E-state index contributed by atoms with van der Waals surface area (Å²) in [5.41, 5.74) is 1.12. The molecule has 0 amide bonds. The molecule has 0 unspecified atom stereocenters. The second-order valence-corrected chi connectivity index (χ2v) is 1.96. The van der Waals surface area contributed by atoms with Gasteiger partial charge in [0.25, 0.3) is 0 Å². The molecule has 1 aromatic rings. The molecule has 0 saturated heterocycles. The Morgan fingerprint density at radius 2 is 2.33 bits per heavy atom. The van der Waals surface area contributed by atoms with E-state index >= 15 is 0 Å². The molecule has 1 aliphatic heterocycles. The van der Waals surface area contributed by atoms with E-state index in [1.165, 1.54) is 0 Å². The third-order valence-corrected chi connectivity index (χ3v) is 1.33. The van der Waals surface area contributed by atoms with Gasteiger partial charge in [-0.1, -0.05) is 0 Å². The molecule has 0 atom stereocenters. The minimum Gasteiger partial charge on any atom is -0.468 e. The zero-order valence-corrected chi connectivity index (χ0v) is 4.83. The molecule has 2 heterocycles. The van der Waals surface area contributed by atoms with Crippen LogP contribution in [0.5, 0.6) is 5.75 Å². The summed E-state index contributed by atoms with van der Waals surface area (Å²) >= 11 is 0. The van der Waals surface area contributed by atoms with Crippen molar-refractivity contribution in [3.05, 3.63) is 30.4 Å². The van der Waals surface area contributed by atoms with Gasteiger partial charge in [-0.2, -0.15) is 0 Å². The number of hydrogen-bond acceptors (Lipinski definition) is 2. The summed E-state index contributed by atoms with van der Waals surface area (Å²) in [6, 6.07) is 0. The van der Waals surface area contributed by atoms with Crippen LogP contribution in [0.3, 0.4) is 0 Å². The third kappa shape index (κ3) is 0.633. The van der Waals surface area contributed by atoms with E-state index in [1.807, 2.05) is 6.08 Å². The Bertz CT molecular complexity index is 212. The van der Waals surface area contributed by atoms with E-state index in [4.69, 9.17) is 9.15 Å². The standard InChI is InChI=1S/C7H6O2/c1-2-6-4-8-5-7(6)9-3-1/h1,3-5H,2H2. The lowest BCUT2D eigenvalue weighted by atomic mass is 10.2. The number of allylic oxidation sites excluding steroid dienone is 1. The quantitative estimate of drug-likeness (QED) is 0.522. The monoisotopic (exact) mass is 122 g/mol. The molecule has 9 heavy (non-hydrogen) atoms. The first-order valence-corrected chi connectivity index (χ1v) is 2.83. The van der Waals surface area contributed by atoms with E-state index in [2.05, 4.69) is 0 Å². The highest BCUT2D eigenvalue weighted by molar-refractivity contribution is 5.32. The Morgan fingerprint density at radius 3 is 3.22 bits per heavy atom. The largest absolute Gasteiger partial charge is 0.468 e. The van der Waals surface area contributed by atoms with Crippen LogP contribution in [0.2, 0.25) is 0 Å². The summed E-state index contributed by atoms with van der Waals surface area (Å²) in [6.45, 7) is 0. The van der Waals surface area contributed by atoms with Crippen LogP contribution in [0.15, 0.2) is 29.3 Å². The van der Waals surface area contributed by atoms with Gasteiger partial charge in [0, 0.05) is 12.0 Å². The molecule has 46 valence electrons. The number of hydrogen-bond donors (Lipinski definition) is 0. The molecule has 2 rings (SSSR count). The van der Waals surface area contributed by atoms with Crippen molar-refractivity contribution in [3.8, 4) is 5.75 Å². The van der Waals surface area contributed by atoms with E-state index < -0.39 is 0 Å². The van der Waals surface area contributed by atoms with Crippen molar-refractivity contribution < 1.29 is 9.15 Å². The average Bonchev–Trinajstić information content (AvgIpc) is 2.33. The molecule has 0 saturated carbocycles. The molecule has 0 aromatic carbocycles. The molecule has 1 aliphatic rings. The van der Waals surface area contributed by atoms with E-state index in [0.29, 0.717) is 0 Å². The van der Waals surface area contributed by atoms with E-state index in [1.54, 1.807) is 18.8 Å². The van der Waals surface area contributed by atoms with Crippen molar-refractivity contribution in [2.75, 3.05) is 0 Å². The maximum atomic E-state index is 5.09. The lowest BCUT2D eigenvalue weighted by Gasteiger charge is -2.02. The molecule has 0 aliphatic carbocycles. The predicted molar refractivity (Wildman–Crippen MR) is 32.2 cm³/mol. The second kappa shape index (κ2) is 1.65. The molecule has 0 bridgehead atoms. The Balaban J connectivity index is 2.46. The highest BCUT2D eigenvalue weighted by atomic mass is 16.5. The summed E-state index contributed by atoms with van der Waals surface area (Å²) in [6.07, 6.45) is 7.87. The minimum atomic E-state index is 0.845. The highest BCUT2D eigenvalue weighted by Crippen LogP contribution is 2.23. The van der Waals surface area contributed by atoms with Crippen LogP contribution in [-0.2, 0) is 6.42 Å². The van der Waals surface area contributed by atoms with Gasteiger partial charge in [0.1, 0.15) is 6.26 Å². The van der Waals surface area contributed by atoms with Crippen LogP contribution in [-0.4, -0.2) is 0 Å². The van der Waals surface area contributed by atoms with Gasteiger partial charge in [-0.25, -0.2) is 0 Å². The molecule has 1 aromatic heterocycles. The number of fused-ring (bicyclic) bond motifs is 1. The van der Waals surface area contributed by atoms with Crippen molar-refractivity contribution in [1.29, 1.82) is 0 Å². The molecule has 0 N–H and O–H groups in total. The van der Waals surface area contributed by atoms with Crippen molar-refractivity contribution in [1.82, 2.24) is 0 Å². The summed E-state index contributed by atoms with van der Waals surface area (Å²) in [7, 11) is 0. The zero-order chi connectivity index (χ0) is 6.10. The Hall–Kier alpha value is -1.18. The first-order chi connectivity index (χ1) is 4.47. The van der Waals surface area contributed by atoms with Gasteiger partial charge in [0.05, 0.1) is 12.5 Å². The summed E-state index contributed by atoms with van der Waals surface area (Å²) in [5.74, 6) is 0.845. The fourth-order valence-corrected chi connectivity index (χ4v) is 0.860. The van der Waals surface area contributed by atoms with Crippen LogP contribution < -0.4 is 4.74 Å². The SMILES string of the molecule is C1=COc2cocc2C1. The van der Waals surface area contributed by atoms with Gasteiger partial charge in [-0.05, 0) is 6.08 Å². The minimum absolute atomic E-state index is 0.845. The topological polar surface area (TPSA) is 22.4 Å². The Kier molecular flexibility index (Phi) is 0.859. The summed E-state index contributed by atoms with van der Waals surface area (Å²) in [5, 5.41) is 0. The van der Waals surface area contributed by atoms with E-state index in [9.17, 15) is 0 Å². The van der Waals surface area contributed by atoms with Gasteiger partial charge in [0.15, 0.2) is 5.75 Å². The van der Waals surface area contributed by atoms with Gasteiger partial charge < -0.3 is 9.15 Å². The molecule has 0 fully saturated rings. The van der Waals surface area contributed by atoms with Gasteiger partial charge in [-0.15, -0.1) is 0 Å². The molecule has 0 spiro atoms. The lowest BCUT2D eigenvalue weighted by molar-refractivity contribution is 0.455.